The molecular weight excluding hydrogens is 435 g/mol. The van der Waals surface area contributed by atoms with Gasteiger partial charge >= 0.3 is 0 Å². The summed E-state index contributed by atoms with van der Waals surface area (Å²) in [6, 6.07) is 27.4. The smallest absolute Gasteiger partial charge is 0.263 e. The number of hydrogen-bond donors (Lipinski definition) is 0. The highest BCUT2D eigenvalue weighted by molar-refractivity contribution is 14.1. The molecule has 0 aliphatic heterocycles. The first-order valence-corrected chi connectivity index (χ1v) is 9.30. The number of hydrogen-bond acceptors (Lipinski definition) is 2. The SMILES string of the molecule is O=C(c1cccc(I)c1)n1cnc(-c2ccccc2)c1-c1ccccc1. The van der Waals surface area contributed by atoms with Gasteiger partial charge in [-0.2, -0.15) is 0 Å². The van der Waals surface area contributed by atoms with Crippen LogP contribution in [-0.4, -0.2) is 15.5 Å². The van der Waals surface area contributed by atoms with Crippen LogP contribution in [0.15, 0.2) is 91.3 Å². The maximum absolute atomic E-state index is 13.2. The monoisotopic (exact) mass is 450 g/mol. The minimum atomic E-state index is -0.0861. The summed E-state index contributed by atoms with van der Waals surface area (Å²) in [6.07, 6.45) is 1.62. The lowest BCUT2D eigenvalue weighted by Gasteiger charge is -2.10. The van der Waals surface area contributed by atoms with Gasteiger partial charge in [-0.05, 0) is 40.8 Å². The van der Waals surface area contributed by atoms with Gasteiger partial charge in [0.2, 0.25) is 0 Å². The van der Waals surface area contributed by atoms with Crippen LogP contribution < -0.4 is 0 Å². The zero-order valence-electron chi connectivity index (χ0n) is 13.8. The minimum absolute atomic E-state index is 0.0861. The molecular formula is C22H15IN2O. The zero-order valence-corrected chi connectivity index (χ0v) is 16.0. The van der Waals surface area contributed by atoms with Crippen molar-refractivity contribution in [3.05, 3.63) is 100 Å². The fourth-order valence-electron chi connectivity index (χ4n) is 2.94. The lowest BCUT2D eigenvalue weighted by atomic mass is 10.0. The number of aromatic nitrogens is 2. The number of imidazole rings is 1. The van der Waals surface area contributed by atoms with Gasteiger partial charge in [-0.15, -0.1) is 0 Å². The molecule has 1 aromatic heterocycles. The van der Waals surface area contributed by atoms with Gasteiger partial charge < -0.3 is 0 Å². The molecule has 3 aromatic carbocycles. The lowest BCUT2D eigenvalue weighted by Crippen LogP contribution is -2.12. The number of halogens is 1. The number of benzene rings is 3. The molecule has 1 heterocycles. The highest BCUT2D eigenvalue weighted by atomic mass is 127. The Kier molecular flexibility index (Phi) is 4.67. The van der Waals surface area contributed by atoms with Gasteiger partial charge in [0.05, 0.1) is 11.4 Å². The molecule has 126 valence electrons. The molecule has 0 unspecified atom stereocenters. The maximum atomic E-state index is 13.2. The van der Waals surface area contributed by atoms with E-state index in [0.717, 1.165) is 26.1 Å². The van der Waals surface area contributed by atoms with Crippen molar-refractivity contribution >= 4 is 28.5 Å². The van der Waals surface area contributed by atoms with E-state index in [1.54, 1.807) is 10.9 Å². The molecule has 0 spiro atoms. The number of carbonyl (C=O) groups is 1. The van der Waals surface area contributed by atoms with Crippen molar-refractivity contribution in [1.29, 1.82) is 0 Å². The van der Waals surface area contributed by atoms with Crippen molar-refractivity contribution in [2.75, 3.05) is 0 Å². The normalized spacial score (nSPS) is 10.7. The Morgan fingerprint density at radius 2 is 1.46 bits per heavy atom. The van der Waals surface area contributed by atoms with Crippen LogP contribution in [0.5, 0.6) is 0 Å². The molecule has 3 nitrogen and oxygen atoms in total. The Morgan fingerprint density at radius 1 is 0.808 bits per heavy atom. The Hall–Kier alpha value is -2.73. The van der Waals surface area contributed by atoms with Gasteiger partial charge in [-0.25, -0.2) is 4.98 Å². The Labute approximate surface area is 165 Å². The molecule has 0 fully saturated rings. The fraction of sp³-hybridized carbons (Fsp3) is 0. The molecule has 26 heavy (non-hydrogen) atoms. The molecule has 0 radical (unpaired) electrons. The molecule has 0 amide bonds. The molecule has 0 saturated carbocycles. The van der Waals surface area contributed by atoms with Gasteiger partial charge in [0.1, 0.15) is 6.33 Å². The lowest BCUT2D eigenvalue weighted by molar-refractivity contribution is 0.0961. The predicted molar refractivity (Wildman–Crippen MR) is 112 cm³/mol. The third-order valence-corrected chi connectivity index (χ3v) is 4.82. The first-order valence-electron chi connectivity index (χ1n) is 8.22. The summed E-state index contributed by atoms with van der Waals surface area (Å²) < 4.78 is 2.67. The van der Waals surface area contributed by atoms with E-state index >= 15 is 0 Å². The standard InChI is InChI=1S/C22H15IN2O/c23-19-13-7-12-18(14-19)22(26)25-15-24-20(16-8-3-1-4-9-16)21(25)17-10-5-2-6-11-17/h1-15H. The minimum Gasteiger partial charge on any atom is -0.268 e. The summed E-state index contributed by atoms with van der Waals surface area (Å²) in [5.41, 5.74) is 4.20. The molecule has 4 rings (SSSR count). The second-order valence-electron chi connectivity index (χ2n) is 5.86. The zero-order chi connectivity index (χ0) is 17.9. The van der Waals surface area contributed by atoms with Crippen molar-refractivity contribution in [3.8, 4) is 22.5 Å². The topological polar surface area (TPSA) is 34.9 Å². The van der Waals surface area contributed by atoms with E-state index in [1.807, 2.05) is 84.9 Å². The first-order chi connectivity index (χ1) is 12.7. The third-order valence-electron chi connectivity index (χ3n) is 4.15. The largest absolute Gasteiger partial charge is 0.268 e. The van der Waals surface area contributed by atoms with Gasteiger partial charge in [0.15, 0.2) is 0 Å². The summed E-state index contributed by atoms with van der Waals surface area (Å²) in [6.45, 7) is 0. The summed E-state index contributed by atoms with van der Waals surface area (Å²) in [5.74, 6) is -0.0861. The van der Waals surface area contributed by atoms with Crippen LogP contribution in [0.2, 0.25) is 0 Å². The molecule has 0 bridgehead atoms. The summed E-state index contributed by atoms with van der Waals surface area (Å²) in [4.78, 5) is 17.7. The molecule has 0 saturated heterocycles. The van der Waals surface area contributed by atoms with Crippen LogP contribution in [0, 0.1) is 3.57 Å². The van der Waals surface area contributed by atoms with Crippen LogP contribution in [0.25, 0.3) is 22.5 Å². The predicted octanol–water partition coefficient (Wildman–Crippen LogP) is 5.51. The molecule has 4 aromatic rings. The molecule has 4 heteroatoms. The van der Waals surface area contributed by atoms with Crippen LogP contribution in [-0.2, 0) is 0 Å². The van der Waals surface area contributed by atoms with Gasteiger partial charge in [0, 0.05) is 20.3 Å². The molecule has 0 N–H and O–H groups in total. The Balaban J connectivity index is 1.91. The fourth-order valence-corrected chi connectivity index (χ4v) is 3.49. The Bertz CT molecular complexity index is 1060. The van der Waals surface area contributed by atoms with E-state index in [-0.39, 0.29) is 5.91 Å². The van der Waals surface area contributed by atoms with Gasteiger partial charge in [-0.1, -0.05) is 66.7 Å². The highest BCUT2D eigenvalue weighted by Crippen LogP contribution is 2.31. The average Bonchev–Trinajstić information content (AvgIpc) is 3.14. The van der Waals surface area contributed by atoms with Gasteiger partial charge in [0.25, 0.3) is 5.91 Å². The summed E-state index contributed by atoms with van der Waals surface area (Å²) in [5, 5.41) is 0. The maximum Gasteiger partial charge on any atom is 0.263 e. The highest BCUT2D eigenvalue weighted by Gasteiger charge is 2.20. The van der Waals surface area contributed by atoms with Gasteiger partial charge in [-0.3, -0.25) is 9.36 Å². The van der Waals surface area contributed by atoms with Crippen LogP contribution in [0.3, 0.4) is 0 Å². The Morgan fingerprint density at radius 3 is 2.12 bits per heavy atom. The van der Waals surface area contributed by atoms with E-state index in [2.05, 4.69) is 27.6 Å². The quantitative estimate of drug-likeness (QED) is 0.386. The third kappa shape index (κ3) is 3.20. The van der Waals surface area contributed by atoms with Crippen LogP contribution >= 0.6 is 22.6 Å². The molecule has 0 aliphatic rings. The van der Waals surface area contributed by atoms with E-state index in [0.29, 0.717) is 5.56 Å². The number of rotatable bonds is 3. The summed E-state index contributed by atoms with van der Waals surface area (Å²) >= 11 is 2.22. The average molecular weight is 450 g/mol. The van der Waals surface area contributed by atoms with Crippen molar-refractivity contribution in [1.82, 2.24) is 9.55 Å². The van der Waals surface area contributed by atoms with E-state index < -0.39 is 0 Å². The van der Waals surface area contributed by atoms with E-state index in [9.17, 15) is 4.79 Å². The van der Waals surface area contributed by atoms with Crippen molar-refractivity contribution in [3.63, 3.8) is 0 Å². The molecule has 0 aliphatic carbocycles. The van der Waals surface area contributed by atoms with Crippen molar-refractivity contribution in [2.24, 2.45) is 0 Å². The molecule has 0 atom stereocenters. The summed E-state index contributed by atoms with van der Waals surface area (Å²) in [7, 11) is 0. The number of nitrogens with zero attached hydrogens (tertiary/aromatic N) is 2. The first kappa shape index (κ1) is 16.7. The van der Waals surface area contributed by atoms with Crippen LogP contribution in [0.4, 0.5) is 0 Å². The second kappa shape index (κ2) is 7.25. The second-order valence-corrected chi connectivity index (χ2v) is 7.10. The van der Waals surface area contributed by atoms with E-state index in [1.165, 1.54) is 0 Å². The van der Waals surface area contributed by atoms with Crippen LogP contribution in [0.1, 0.15) is 10.4 Å². The number of carbonyl (C=O) groups excluding carboxylic acids is 1. The van der Waals surface area contributed by atoms with Crippen molar-refractivity contribution in [2.45, 2.75) is 0 Å². The van der Waals surface area contributed by atoms with Crippen molar-refractivity contribution < 1.29 is 4.79 Å². The van der Waals surface area contributed by atoms with E-state index in [4.69, 9.17) is 0 Å².